The molecule has 0 unspecified atom stereocenters. The first-order chi connectivity index (χ1) is 11.6. The van der Waals surface area contributed by atoms with Crippen LogP contribution in [0.1, 0.15) is 21.5 Å². The molecule has 0 heterocycles. The van der Waals surface area contributed by atoms with Crippen LogP contribution in [0.25, 0.3) is 22.3 Å². The van der Waals surface area contributed by atoms with E-state index in [1.165, 1.54) is 12.7 Å². The van der Waals surface area contributed by atoms with E-state index in [-0.39, 0.29) is 5.97 Å². The second kappa shape index (κ2) is 6.71. The standard InChI is InChI=1S/C22H20O2/c1-15-9-11-18(12-10-15)20-14-19(17-7-5-4-6-8-17)13-16(2)21(20)22(23)24-3/h4-14H,1-3H3. The fourth-order valence-electron chi connectivity index (χ4n) is 2.92. The van der Waals surface area contributed by atoms with Crippen molar-refractivity contribution in [1.29, 1.82) is 0 Å². The van der Waals surface area contributed by atoms with Crippen LogP contribution in [-0.2, 0) is 4.74 Å². The van der Waals surface area contributed by atoms with Gasteiger partial charge in [-0.3, -0.25) is 0 Å². The smallest absolute Gasteiger partial charge is 0.338 e. The van der Waals surface area contributed by atoms with Gasteiger partial charge in [0.05, 0.1) is 12.7 Å². The van der Waals surface area contributed by atoms with Crippen molar-refractivity contribution in [2.24, 2.45) is 0 Å². The largest absolute Gasteiger partial charge is 0.465 e. The highest BCUT2D eigenvalue weighted by Gasteiger charge is 2.18. The Morgan fingerprint density at radius 3 is 2.08 bits per heavy atom. The topological polar surface area (TPSA) is 26.3 Å². The Morgan fingerprint density at radius 2 is 1.46 bits per heavy atom. The number of benzene rings is 3. The summed E-state index contributed by atoms with van der Waals surface area (Å²) in [4.78, 5) is 12.3. The molecule has 0 atom stereocenters. The van der Waals surface area contributed by atoms with Gasteiger partial charge < -0.3 is 4.74 Å². The first-order valence-corrected chi connectivity index (χ1v) is 7.95. The van der Waals surface area contributed by atoms with Crippen molar-refractivity contribution in [1.82, 2.24) is 0 Å². The summed E-state index contributed by atoms with van der Waals surface area (Å²) in [6.07, 6.45) is 0. The van der Waals surface area contributed by atoms with E-state index in [1.54, 1.807) is 0 Å². The van der Waals surface area contributed by atoms with Crippen LogP contribution in [0.2, 0.25) is 0 Å². The van der Waals surface area contributed by atoms with Crippen LogP contribution in [0.5, 0.6) is 0 Å². The third-order valence-electron chi connectivity index (χ3n) is 4.19. The van der Waals surface area contributed by atoms with Gasteiger partial charge in [-0.2, -0.15) is 0 Å². The molecule has 0 aliphatic heterocycles. The van der Waals surface area contributed by atoms with Gasteiger partial charge in [-0.1, -0.05) is 66.2 Å². The van der Waals surface area contributed by atoms with Crippen LogP contribution >= 0.6 is 0 Å². The van der Waals surface area contributed by atoms with Crippen LogP contribution in [0.15, 0.2) is 66.7 Å². The minimum absolute atomic E-state index is 0.303. The Balaban J connectivity index is 2.24. The molecule has 0 amide bonds. The quantitative estimate of drug-likeness (QED) is 0.603. The number of carbonyl (C=O) groups is 1. The van der Waals surface area contributed by atoms with E-state index in [1.807, 2.05) is 43.3 Å². The van der Waals surface area contributed by atoms with Crippen LogP contribution in [0.4, 0.5) is 0 Å². The number of methoxy groups -OCH3 is 1. The molecule has 0 saturated heterocycles. The zero-order chi connectivity index (χ0) is 17.1. The minimum Gasteiger partial charge on any atom is -0.465 e. The first kappa shape index (κ1) is 16.0. The van der Waals surface area contributed by atoms with E-state index in [0.29, 0.717) is 5.56 Å². The van der Waals surface area contributed by atoms with E-state index in [2.05, 4.69) is 37.3 Å². The lowest BCUT2D eigenvalue weighted by Gasteiger charge is -2.14. The highest BCUT2D eigenvalue weighted by atomic mass is 16.5. The molecule has 2 nitrogen and oxygen atoms in total. The molecule has 3 rings (SSSR count). The molecule has 0 aliphatic carbocycles. The molecule has 0 fully saturated rings. The lowest BCUT2D eigenvalue weighted by molar-refractivity contribution is 0.0601. The number of ether oxygens (including phenoxy) is 1. The summed E-state index contributed by atoms with van der Waals surface area (Å²) >= 11 is 0. The maximum atomic E-state index is 12.3. The second-order valence-corrected chi connectivity index (χ2v) is 5.94. The van der Waals surface area contributed by atoms with E-state index < -0.39 is 0 Å². The van der Waals surface area contributed by atoms with Crippen LogP contribution in [0.3, 0.4) is 0 Å². The van der Waals surface area contributed by atoms with Crippen molar-refractivity contribution < 1.29 is 9.53 Å². The average molecular weight is 316 g/mol. The first-order valence-electron chi connectivity index (χ1n) is 7.95. The molecule has 0 bridgehead atoms. The Labute approximate surface area is 142 Å². The van der Waals surface area contributed by atoms with Crippen molar-refractivity contribution >= 4 is 5.97 Å². The molecule has 3 aromatic carbocycles. The number of hydrogen-bond donors (Lipinski definition) is 0. The number of aryl methyl sites for hydroxylation is 2. The number of carbonyl (C=O) groups excluding carboxylic acids is 1. The molecule has 120 valence electrons. The van der Waals surface area contributed by atoms with Gasteiger partial charge in [-0.15, -0.1) is 0 Å². The van der Waals surface area contributed by atoms with Gasteiger partial charge in [0.25, 0.3) is 0 Å². The van der Waals surface area contributed by atoms with E-state index >= 15 is 0 Å². The molecule has 3 aromatic rings. The minimum atomic E-state index is -0.303. The summed E-state index contributed by atoms with van der Waals surface area (Å²) in [6, 6.07) is 22.5. The number of hydrogen-bond acceptors (Lipinski definition) is 2. The Morgan fingerprint density at radius 1 is 0.792 bits per heavy atom. The van der Waals surface area contributed by atoms with Crippen molar-refractivity contribution in [2.45, 2.75) is 13.8 Å². The summed E-state index contributed by atoms with van der Waals surface area (Å²) in [5.41, 5.74) is 6.87. The Hall–Kier alpha value is -2.87. The molecule has 0 aromatic heterocycles. The maximum Gasteiger partial charge on any atom is 0.338 e. The molecule has 24 heavy (non-hydrogen) atoms. The molecule has 0 aliphatic rings. The van der Waals surface area contributed by atoms with Crippen LogP contribution in [0, 0.1) is 13.8 Å². The van der Waals surface area contributed by atoms with E-state index in [4.69, 9.17) is 4.74 Å². The third kappa shape index (κ3) is 3.09. The van der Waals surface area contributed by atoms with Crippen molar-refractivity contribution in [3.8, 4) is 22.3 Å². The molecular formula is C22H20O2. The van der Waals surface area contributed by atoms with Crippen molar-refractivity contribution in [2.75, 3.05) is 7.11 Å². The third-order valence-corrected chi connectivity index (χ3v) is 4.19. The van der Waals surface area contributed by atoms with Crippen molar-refractivity contribution in [3.05, 3.63) is 83.4 Å². The van der Waals surface area contributed by atoms with Crippen LogP contribution < -0.4 is 0 Å². The molecule has 0 saturated carbocycles. The highest BCUT2D eigenvalue weighted by Crippen LogP contribution is 2.32. The van der Waals surface area contributed by atoms with Gasteiger partial charge in [0.2, 0.25) is 0 Å². The summed E-state index contributed by atoms with van der Waals surface area (Å²) in [5.74, 6) is -0.303. The molecule has 0 spiro atoms. The molecule has 0 N–H and O–H groups in total. The normalized spacial score (nSPS) is 10.5. The van der Waals surface area contributed by atoms with Gasteiger partial charge in [0.15, 0.2) is 0 Å². The summed E-state index contributed by atoms with van der Waals surface area (Å²) in [5, 5.41) is 0. The van der Waals surface area contributed by atoms with Gasteiger partial charge >= 0.3 is 5.97 Å². The fourth-order valence-corrected chi connectivity index (χ4v) is 2.92. The van der Waals surface area contributed by atoms with Gasteiger partial charge in [0.1, 0.15) is 0 Å². The summed E-state index contributed by atoms with van der Waals surface area (Å²) in [7, 11) is 1.42. The monoisotopic (exact) mass is 316 g/mol. The molecular weight excluding hydrogens is 296 g/mol. The average Bonchev–Trinajstić information content (AvgIpc) is 2.62. The lowest BCUT2D eigenvalue weighted by Crippen LogP contribution is -2.06. The summed E-state index contributed by atoms with van der Waals surface area (Å²) < 4.78 is 5.01. The zero-order valence-corrected chi connectivity index (χ0v) is 14.2. The predicted molar refractivity (Wildman–Crippen MR) is 98.1 cm³/mol. The van der Waals surface area contributed by atoms with Gasteiger partial charge in [0, 0.05) is 0 Å². The molecule has 2 heteroatoms. The number of rotatable bonds is 3. The van der Waals surface area contributed by atoms with Crippen molar-refractivity contribution in [3.63, 3.8) is 0 Å². The van der Waals surface area contributed by atoms with E-state index in [0.717, 1.165) is 27.8 Å². The highest BCUT2D eigenvalue weighted by molar-refractivity contribution is 6.00. The molecule has 0 radical (unpaired) electrons. The Kier molecular flexibility index (Phi) is 4.48. The van der Waals surface area contributed by atoms with Gasteiger partial charge in [-0.25, -0.2) is 4.79 Å². The second-order valence-electron chi connectivity index (χ2n) is 5.94. The summed E-state index contributed by atoms with van der Waals surface area (Å²) in [6.45, 7) is 4.01. The van der Waals surface area contributed by atoms with Crippen LogP contribution in [-0.4, -0.2) is 13.1 Å². The zero-order valence-electron chi connectivity index (χ0n) is 14.2. The fraction of sp³-hybridized carbons (Fsp3) is 0.136. The maximum absolute atomic E-state index is 12.3. The SMILES string of the molecule is COC(=O)c1c(C)cc(-c2ccccc2)cc1-c1ccc(C)cc1. The Bertz CT molecular complexity index is 862. The van der Waals surface area contributed by atoms with Gasteiger partial charge in [-0.05, 0) is 47.7 Å². The lowest BCUT2D eigenvalue weighted by atomic mass is 9.91. The number of esters is 1. The predicted octanol–water partition coefficient (Wildman–Crippen LogP) is 5.42. The van der Waals surface area contributed by atoms with E-state index in [9.17, 15) is 4.79 Å².